The molecule has 0 aromatic carbocycles. The van der Waals surface area contributed by atoms with Gasteiger partial charge in [-0.1, -0.05) is 6.92 Å². The van der Waals surface area contributed by atoms with Crippen molar-refractivity contribution in [1.82, 2.24) is 15.5 Å². The third-order valence-electron chi connectivity index (χ3n) is 4.30. The standard InChI is InChI=1S/C17H29N3O3/c1-13-6-4-8-20(10-13)11-14(2)19-16(21)18-12-17(3,22)15-7-5-9-23-15/h5,7,9,13-14,22H,4,6,8,10-12H2,1-3H3,(H2,18,19,21). The van der Waals surface area contributed by atoms with E-state index in [1.807, 2.05) is 6.92 Å². The molecule has 0 spiro atoms. The van der Waals surface area contributed by atoms with Crippen molar-refractivity contribution in [3.8, 4) is 0 Å². The monoisotopic (exact) mass is 323 g/mol. The van der Waals surface area contributed by atoms with Crippen LogP contribution in [0.15, 0.2) is 22.8 Å². The van der Waals surface area contributed by atoms with Crippen LogP contribution in [0.1, 0.15) is 39.4 Å². The molecule has 0 bridgehead atoms. The molecule has 1 aromatic heterocycles. The second-order valence-electron chi connectivity index (χ2n) is 6.99. The van der Waals surface area contributed by atoms with E-state index in [4.69, 9.17) is 4.42 Å². The number of rotatable bonds is 6. The van der Waals surface area contributed by atoms with Gasteiger partial charge in [0.2, 0.25) is 0 Å². The Kier molecular flexibility index (Phi) is 6.07. The Bertz CT molecular complexity index is 487. The summed E-state index contributed by atoms with van der Waals surface area (Å²) in [6, 6.07) is 3.20. The molecule has 1 aromatic rings. The quantitative estimate of drug-likeness (QED) is 0.747. The molecule has 1 aliphatic rings. The van der Waals surface area contributed by atoms with Crippen LogP contribution in [-0.2, 0) is 5.60 Å². The molecule has 2 amide bonds. The summed E-state index contributed by atoms with van der Waals surface area (Å²) in [7, 11) is 0. The van der Waals surface area contributed by atoms with Crippen molar-refractivity contribution in [1.29, 1.82) is 0 Å². The molecule has 3 atom stereocenters. The van der Waals surface area contributed by atoms with E-state index >= 15 is 0 Å². The van der Waals surface area contributed by atoms with E-state index < -0.39 is 5.60 Å². The maximum absolute atomic E-state index is 12.0. The number of carbonyl (C=O) groups excluding carboxylic acids is 1. The first kappa shape index (κ1) is 17.8. The summed E-state index contributed by atoms with van der Waals surface area (Å²) < 4.78 is 5.19. The molecule has 130 valence electrons. The van der Waals surface area contributed by atoms with Gasteiger partial charge in [-0.2, -0.15) is 0 Å². The number of nitrogens with one attached hydrogen (secondary N) is 2. The Morgan fingerprint density at radius 1 is 1.61 bits per heavy atom. The molecule has 6 heteroatoms. The third-order valence-corrected chi connectivity index (χ3v) is 4.30. The molecule has 2 heterocycles. The van der Waals surface area contributed by atoms with Crippen LogP contribution < -0.4 is 10.6 Å². The smallest absolute Gasteiger partial charge is 0.315 e. The molecule has 23 heavy (non-hydrogen) atoms. The fraction of sp³-hybridized carbons (Fsp3) is 0.706. The summed E-state index contributed by atoms with van der Waals surface area (Å²) in [5.41, 5.74) is -1.22. The first-order valence-corrected chi connectivity index (χ1v) is 8.40. The largest absolute Gasteiger partial charge is 0.466 e. The van der Waals surface area contributed by atoms with Gasteiger partial charge >= 0.3 is 6.03 Å². The van der Waals surface area contributed by atoms with E-state index in [2.05, 4.69) is 22.5 Å². The van der Waals surface area contributed by atoms with Crippen molar-refractivity contribution < 1.29 is 14.3 Å². The fourth-order valence-corrected chi connectivity index (χ4v) is 3.08. The van der Waals surface area contributed by atoms with Crippen molar-refractivity contribution >= 4 is 6.03 Å². The lowest BCUT2D eigenvalue weighted by molar-refractivity contribution is 0.0366. The lowest BCUT2D eigenvalue weighted by Crippen LogP contribution is -2.50. The van der Waals surface area contributed by atoms with Crippen LogP contribution in [0.25, 0.3) is 0 Å². The number of piperidine rings is 1. The van der Waals surface area contributed by atoms with Crippen LogP contribution in [0.3, 0.4) is 0 Å². The second-order valence-corrected chi connectivity index (χ2v) is 6.99. The van der Waals surface area contributed by atoms with Gasteiger partial charge in [0.25, 0.3) is 0 Å². The number of amides is 2. The number of furan rings is 1. The highest BCUT2D eigenvalue weighted by molar-refractivity contribution is 5.74. The fourth-order valence-electron chi connectivity index (χ4n) is 3.08. The molecule has 0 saturated carbocycles. The first-order valence-electron chi connectivity index (χ1n) is 8.40. The van der Waals surface area contributed by atoms with E-state index in [1.54, 1.807) is 19.1 Å². The van der Waals surface area contributed by atoms with Gasteiger partial charge in [-0.15, -0.1) is 0 Å². The second kappa shape index (κ2) is 7.84. The summed E-state index contributed by atoms with van der Waals surface area (Å²) in [6.07, 6.45) is 4.03. The summed E-state index contributed by atoms with van der Waals surface area (Å²) in [5.74, 6) is 1.17. The lowest BCUT2D eigenvalue weighted by atomic mass is 10.00. The summed E-state index contributed by atoms with van der Waals surface area (Å²) in [6.45, 7) is 9.04. The molecule has 6 nitrogen and oxygen atoms in total. The van der Waals surface area contributed by atoms with Crippen LogP contribution in [0.5, 0.6) is 0 Å². The lowest BCUT2D eigenvalue weighted by Gasteiger charge is -2.33. The summed E-state index contributed by atoms with van der Waals surface area (Å²) in [4.78, 5) is 14.4. The van der Waals surface area contributed by atoms with Gasteiger partial charge in [0, 0.05) is 19.1 Å². The van der Waals surface area contributed by atoms with Crippen LogP contribution in [0.2, 0.25) is 0 Å². The molecular weight excluding hydrogens is 294 g/mol. The van der Waals surface area contributed by atoms with Crippen LogP contribution in [0.4, 0.5) is 4.79 Å². The zero-order chi connectivity index (χ0) is 16.9. The molecule has 0 radical (unpaired) electrons. The Hall–Kier alpha value is -1.53. The van der Waals surface area contributed by atoms with Crippen molar-refractivity contribution in [2.45, 2.75) is 45.3 Å². The molecule has 3 N–H and O–H groups in total. The Morgan fingerprint density at radius 3 is 3.04 bits per heavy atom. The Balaban J connectivity index is 1.71. The summed E-state index contributed by atoms with van der Waals surface area (Å²) in [5, 5.41) is 15.9. The highest BCUT2D eigenvalue weighted by Gasteiger charge is 2.27. The van der Waals surface area contributed by atoms with Crippen LogP contribution in [-0.4, -0.2) is 48.3 Å². The van der Waals surface area contributed by atoms with E-state index in [9.17, 15) is 9.90 Å². The van der Waals surface area contributed by atoms with Crippen LogP contribution >= 0.6 is 0 Å². The number of aliphatic hydroxyl groups is 1. The number of hydrogen-bond acceptors (Lipinski definition) is 4. The number of hydrogen-bond donors (Lipinski definition) is 3. The van der Waals surface area contributed by atoms with E-state index in [0.29, 0.717) is 5.76 Å². The Labute approximate surface area is 138 Å². The average Bonchev–Trinajstić information content (AvgIpc) is 3.00. The number of urea groups is 1. The average molecular weight is 323 g/mol. The van der Waals surface area contributed by atoms with Crippen LogP contribution in [0, 0.1) is 5.92 Å². The highest BCUT2D eigenvalue weighted by atomic mass is 16.4. The van der Waals surface area contributed by atoms with E-state index in [1.165, 1.54) is 19.1 Å². The van der Waals surface area contributed by atoms with Gasteiger partial charge in [-0.25, -0.2) is 4.79 Å². The SMILES string of the molecule is CC1CCCN(CC(C)NC(=O)NCC(C)(O)c2ccco2)C1. The number of likely N-dealkylation sites (tertiary alicyclic amines) is 1. The molecule has 1 fully saturated rings. The van der Waals surface area contributed by atoms with Gasteiger partial charge in [-0.3, -0.25) is 0 Å². The first-order chi connectivity index (χ1) is 10.9. The van der Waals surface area contributed by atoms with Gasteiger partial charge in [-0.05, 0) is 51.3 Å². The normalized spacial score (nSPS) is 23.0. The van der Waals surface area contributed by atoms with Crippen molar-refractivity contribution in [3.63, 3.8) is 0 Å². The maximum atomic E-state index is 12.0. The minimum atomic E-state index is -1.22. The van der Waals surface area contributed by atoms with Gasteiger partial charge in [0.05, 0.1) is 12.8 Å². The van der Waals surface area contributed by atoms with Crippen molar-refractivity contribution in [2.75, 3.05) is 26.2 Å². The number of nitrogens with zero attached hydrogens (tertiary/aromatic N) is 1. The van der Waals surface area contributed by atoms with E-state index in [0.717, 1.165) is 25.6 Å². The highest BCUT2D eigenvalue weighted by Crippen LogP contribution is 2.19. The minimum Gasteiger partial charge on any atom is -0.466 e. The van der Waals surface area contributed by atoms with Gasteiger partial charge in [0.15, 0.2) is 0 Å². The zero-order valence-electron chi connectivity index (χ0n) is 14.3. The van der Waals surface area contributed by atoms with E-state index in [-0.39, 0.29) is 18.6 Å². The predicted molar refractivity (Wildman–Crippen MR) is 89.1 cm³/mol. The maximum Gasteiger partial charge on any atom is 0.315 e. The topological polar surface area (TPSA) is 77.7 Å². The van der Waals surface area contributed by atoms with Gasteiger partial charge < -0.3 is 25.1 Å². The number of carbonyl (C=O) groups is 1. The molecule has 1 aliphatic heterocycles. The molecule has 3 unspecified atom stereocenters. The Morgan fingerprint density at radius 2 is 2.39 bits per heavy atom. The van der Waals surface area contributed by atoms with Crippen molar-refractivity contribution in [3.05, 3.63) is 24.2 Å². The molecule has 0 aliphatic carbocycles. The predicted octanol–water partition coefficient (Wildman–Crippen LogP) is 1.91. The van der Waals surface area contributed by atoms with Gasteiger partial charge in [0.1, 0.15) is 11.4 Å². The van der Waals surface area contributed by atoms with Crippen molar-refractivity contribution in [2.24, 2.45) is 5.92 Å². The summed E-state index contributed by atoms with van der Waals surface area (Å²) >= 11 is 0. The molecule has 2 rings (SSSR count). The minimum absolute atomic E-state index is 0.0638. The third kappa shape index (κ3) is 5.55. The molecule has 1 saturated heterocycles. The molecular formula is C17H29N3O3. The zero-order valence-corrected chi connectivity index (χ0v) is 14.3.